The number of nitrogens with one attached hydrogen (secondary N) is 1. The van der Waals surface area contributed by atoms with Gasteiger partial charge in [-0.2, -0.15) is 25.9 Å². The van der Waals surface area contributed by atoms with E-state index in [0.717, 1.165) is 22.0 Å². The molecule has 0 aliphatic carbocycles. The molecule has 1 fully saturated rings. The number of nitrogens with zero attached hydrogens (tertiary/aromatic N) is 1. The van der Waals surface area contributed by atoms with Crippen molar-refractivity contribution in [2.75, 3.05) is 13.1 Å². The smallest absolute Gasteiger partial charge is 0.194 e. The molecule has 0 spiro atoms. The summed E-state index contributed by atoms with van der Waals surface area (Å²) in [5.74, 6) is 0.0373. The molecule has 1 heterocycles. The predicted molar refractivity (Wildman–Crippen MR) is 67.0 cm³/mol. The zero-order valence-electron chi connectivity index (χ0n) is 10.5. The second-order valence-corrected chi connectivity index (χ2v) is 6.26. The second kappa shape index (κ2) is 5.34. The molecule has 1 aliphatic heterocycles. The van der Waals surface area contributed by atoms with Crippen LogP contribution in [0.1, 0.15) is 29.9 Å². The standard InChI is InChI=1S/C12H14F3N2O2S/c13-12(14,15)11-3-1-9(2-4-11)10-5-7-17(8-6-10)20(16,18)19/h1-4,10,16H,5-8H2. The van der Waals surface area contributed by atoms with E-state index in [1.807, 2.05) is 0 Å². The van der Waals surface area contributed by atoms with Crippen molar-refractivity contribution in [2.24, 2.45) is 0 Å². The van der Waals surface area contributed by atoms with E-state index in [9.17, 15) is 21.6 Å². The molecule has 111 valence electrons. The maximum absolute atomic E-state index is 12.5. The van der Waals surface area contributed by atoms with E-state index in [2.05, 4.69) is 0 Å². The van der Waals surface area contributed by atoms with Crippen molar-refractivity contribution in [3.8, 4) is 0 Å². The quantitative estimate of drug-likeness (QED) is 0.842. The zero-order valence-corrected chi connectivity index (χ0v) is 11.3. The van der Waals surface area contributed by atoms with Crippen LogP contribution >= 0.6 is 0 Å². The van der Waals surface area contributed by atoms with Crippen LogP contribution in [0.25, 0.3) is 0 Å². The normalized spacial score (nSPS) is 19.2. The van der Waals surface area contributed by atoms with Gasteiger partial charge in [-0.05, 0) is 36.5 Å². The van der Waals surface area contributed by atoms with Gasteiger partial charge in [0.1, 0.15) is 0 Å². The van der Waals surface area contributed by atoms with Gasteiger partial charge in [-0.3, -0.25) is 0 Å². The Bertz CT molecular complexity index is 561. The monoisotopic (exact) mass is 307 g/mol. The minimum atomic E-state index is -4.35. The average molecular weight is 307 g/mol. The molecule has 2 rings (SSSR count). The first-order chi connectivity index (χ1) is 9.18. The van der Waals surface area contributed by atoms with Crippen LogP contribution in [0, 0.1) is 0 Å². The SMILES string of the molecule is [NH]S(=O)(=O)N1CCC(c2ccc(C(F)(F)F)cc2)CC1. The minimum Gasteiger partial charge on any atom is -0.194 e. The second-order valence-electron chi connectivity index (χ2n) is 4.80. The van der Waals surface area contributed by atoms with E-state index in [1.54, 1.807) is 0 Å². The Labute approximate surface area is 115 Å². The molecular formula is C12H14F3N2O2S. The number of hydrogen-bond donors (Lipinski definition) is 0. The van der Waals surface area contributed by atoms with Crippen molar-refractivity contribution >= 4 is 10.2 Å². The summed E-state index contributed by atoms with van der Waals surface area (Å²) in [4.78, 5) is 0. The van der Waals surface area contributed by atoms with Gasteiger partial charge in [0.15, 0.2) is 0 Å². The number of benzene rings is 1. The zero-order chi connectivity index (χ0) is 15.0. The molecule has 0 aromatic heterocycles. The summed E-state index contributed by atoms with van der Waals surface area (Å²) in [6, 6.07) is 4.97. The van der Waals surface area contributed by atoms with E-state index in [0.29, 0.717) is 12.8 Å². The van der Waals surface area contributed by atoms with Gasteiger partial charge >= 0.3 is 6.18 Å². The van der Waals surface area contributed by atoms with Gasteiger partial charge in [-0.15, -0.1) is 5.14 Å². The van der Waals surface area contributed by atoms with E-state index in [-0.39, 0.29) is 19.0 Å². The number of piperidine rings is 1. The molecule has 20 heavy (non-hydrogen) atoms. The van der Waals surface area contributed by atoms with Crippen molar-refractivity contribution < 1.29 is 21.6 Å². The molecule has 1 N–H and O–H groups in total. The van der Waals surface area contributed by atoms with E-state index in [1.165, 1.54) is 12.1 Å². The summed E-state index contributed by atoms with van der Waals surface area (Å²) < 4.78 is 60.5. The van der Waals surface area contributed by atoms with Crippen molar-refractivity contribution in [1.82, 2.24) is 9.44 Å². The highest BCUT2D eigenvalue weighted by Crippen LogP contribution is 2.33. The van der Waals surface area contributed by atoms with Crippen LogP contribution < -0.4 is 5.14 Å². The molecule has 1 aromatic rings. The first-order valence-electron chi connectivity index (χ1n) is 6.10. The third kappa shape index (κ3) is 3.50. The maximum Gasteiger partial charge on any atom is 0.416 e. The first kappa shape index (κ1) is 15.3. The molecule has 1 saturated heterocycles. The van der Waals surface area contributed by atoms with E-state index < -0.39 is 21.9 Å². The summed E-state index contributed by atoms with van der Waals surface area (Å²) in [6.07, 6.45) is -3.31. The Morgan fingerprint density at radius 2 is 1.60 bits per heavy atom. The van der Waals surface area contributed by atoms with E-state index in [4.69, 9.17) is 5.14 Å². The molecule has 0 unspecified atom stereocenters. The molecule has 1 aliphatic rings. The third-order valence-electron chi connectivity index (χ3n) is 3.50. The summed E-state index contributed by atoms with van der Waals surface area (Å²) in [6.45, 7) is 0.467. The van der Waals surface area contributed by atoms with Crippen molar-refractivity contribution in [1.29, 1.82) is 0 Å². The predicted octanol–water partition coefficient (Wildman–Crippen LogP) is 2.41. The lowest BCUT2D eigenvalue weighted by Gasteiger charge is -2.29. The van der Waals surface area contributed by atoms with Gasteiger partial charge in [-0.1, -0.05) is 12.1 Å². The summed E-state index contributed by atoms with van der Waals surface area (Å²) >= 11 is 0. The van der Waals surface area contributed by atoms with Crippen molar-refractivity contribution in [3.05, 3.63) is 35.4 Å². The highest BCUT2D eigenvalue weighted by molar-refractivity contribution is 7.86. The average Bonchev–Trinajstić information content (AvgIpc) is 2.37. The van der Waals surface area contributed by atoms with Crippen molar-refractivity contribution in [3.63, 3.8) is 0 Å². The minimum absolute atomic E-state index is 0.0373. The molecular weight excluding hydrogens is 293 g/mol. The Morgan fingerprint density at radius 3 is 2.00 bits per heavy atom. The molecule has 0 saturated carbocycles. The molecule has 0 amide bonds. The van der Waals surface area contributed by atoms with Gasteiger partial charge in [0.2, 0.25) is 0 Å². The van der Waals surface area contributed by atoms with Crippen LogP contribution in [0.2, 0.25) is 0 Å². The first-order valence-corrected chi connectivity index (χ1v) is 7.54. The highest BCUT2D eigenvalue weighted by Gasteiger charge is 2.31. The summed E-state index contributed by atoms with van der Waals surface area (Å²) in [5.41, 5.74) is 0.0902. The number of hydrogen-bond acceptors (Lipinski definition) is 2. The molecule has 4 nitrogen and oxygen atoms in total. The van der Waals surface area contributed by atoms with Crippen LogP contribution in [0.15, 0.2) is 24.3 Å². The fraction of sp³-hybridized carbons (Fsp3) is 0.500. The fourth-order valence-electron chi connectivity index (χ4n) is 2.37. The lowest BCUT2D eigenvalue weighted by molar-refractivity contribution is -0.137. The van der Waals surface area contributed by atoms with Crippen LogP contribution in [-0.4, -0.2) is 25.8 Å². The lowest BCUT2D eigenvalue weighted by atomic mass is 9.90. The summed E-state index contributed by atoms with van der Waals surface area (Å²) in [5, 5.41) is 6.97. The number of alkyl halides is 3. The van der Waals surface area contributed by atoms with Crippen LogP contribution in [0.5, 0.6) is 0 Å². The fourth-order valence-corrected chi connectivity index (χ4v) is 3.07. The molecule has 1 aromatic carbocycles. The Kier molecular flexibility index (Phi) is 4.08. The largest absolute Gasteiger partial charge is 0.416 e. The van der Waals surface area contributed by atoms with Gasteiger partial charge in [-0.25, -0.2) is 0 Å². The Balaban J connectivity index is 2.04. The van der Waals surface area contributed by atoms with Crippen LogP contribution in [0.4, 0.5) is 13.2 Å². The highest BCUT2D eigenvalue weighted by atomic mass is 32.2. The van der Waals surface area contributed by atoms with Crippen LogP contribution in [-0.2, 0) is 16.4 Å². The molecule has 1 radical (unpaired) electrons. The maximum atomic E-state index is 12.5. The summed E-state index contributed by atoms with van der Waals surface area (Å²) in [7, 11) is -3.92. The number of rotatable bonds is 2. The van der Waals surface area contributed by atoms with Crippen LogP contribution in [0.3, 0.4) is 0 Å². The Hall–Kier alpha value is -1.12. The molecule has 0 atom stereocenters. The van der Waals surface area contributed by atoms with Crippen molar-refractivity contribution in [2.45, 2.75) is 24.9 Å². The van der Waals surface area contributed by atoms with Gasteiger partial charge in [0, 0.05) is 13.1 Å². The lowest BCUT2D eigenvalue weighted by Crippen LogP contribution is -2.38. The van der Waals surface area contributed by atoms with E-state index >= 15 is 0 Å². The van der Waals surface area contributed by atoms with Gasteiger partial charge in [0.05, 0.1) is 5.56 Å². The molecule has 0 bridgehead atoms. The Morgan fingerprint density at radius 1 is 1.10 bits per heavy atom. The number of halogens is 3. The third-order valence-corrected chi connectivity index (χ3v) is 4.55. The van der Waals surface area contributed by atoms with Gasteiger partial charge < -0.3 is 0 Å². The molecule has 8 heteroatoms. The van der Waals surface area contributed by atoms with Gasteiger partial charge in [0.25, 0.3) is 10.2 Å². The topological polar surface area (TPSA) is 61.2 Å².